The first-order valence-corrected chi connectivity index (χ1v) is 6.25. The normalized spacial score (nSPS) is 38.0. The summed E-state index contributed by atoms with van der Waals surface area (Å²) in [6, 6.07) is 0. The number of hydrogen-bond donors (Lipinski definition) is 0. The molecular weight excluding hydrogens is 168 g/mol. The second kappa shape index (κ2) is 4.52. The first-order chi connectivity index (χ1) is 5.97. The molecule has 0 radical (unpaired) electrons. The molecule has 2 aliphatic heterocycles. The van der Waals surface area contributed by atoms with Gasteiger partial charge in [0.05, 0.1) is 6.10 Å². The molecule has 2 aliphatic rings. The van der Waals surface area contributed by atoms with Crippen molar-refractivity contribution in [1.82, 2.24) is 0 Å². The van der Waals surface area contributed by atoms with Crippen LogP contribution in [0.25, 0.3) is 0 Å². The minimum atomic E-state index is 0.597. The van der Waals surface area contributed by atoms with Gasteiger partial charge in [0.1, 0.15) is 0 Å². The van der Waals surface area contributed by atoms with E-state index in [0.717, 1.165) is 11.9 Å². The Kier molecular flexibility index (Phi) is 3.35. The molecule has 2 rings (SSSR count). The van der Waals surface area contributed by atoms with Crippen molar-refractivity contribution in [3.05, 3.63) is 0 Å². The predicted octanol–water partition coefficient (Wildman–Crippen LogP) is 2.84. The molecule has 0 bridgehead atoms. The molecule has 0 amide bonds. The molecule has 2 atom stereocenters. The average molecular weight is 186 g/mol. The lowest BCUT2D eigenvalue weighted by atomic mass is 10.1. The summed E-state index contributed by atoms with van der Waals surface area (Å²) in [4.78, 5) is 0. The predicted molar refractivity (Wildman–Crippen MR) is 53.7 cm³/mol. The molecule has 0 aliphatic carbocycles. The van der Waals surface area contributed by atoms with Gasteiger partial charge in [-0.15, -0.1) is 0 Å². The third-order valence-corrected chi connectivity index (χ3v) is 4.34. The molecule has 1 nitrogen and oxygen atoms in total. The molecule has 0 aromatic heterocycles. The summed E-state index contributed by atoms with van der Waals surface area (Å²) < 4.78 is 5.87. The lowest BCUT2D eigenvalue weighted by Crippen LogP contribution is -2.23. The number of thioether (sulfide) groups is 1. The van der Waals surface area contributed by atoms with E-state index < -0.39 is 0 Å². The second-order valence-electron chi connectivity index (χ2n) is 3.81. The summed E-state index contributed by atoms with van der Waals surface area (Å²) in [6.07, 6.45) is 8.78. The summed E-state index contributed by atoms with van der Waals surface area (Å²) in [6.45, 7) is 1.02. The molecule has 2 heteroatoms. The van der Waals surface area contributed by atoms with Crippen LogP contribution in [-0.2, 0) is 4.74 Å². The molecule has 12 heavy (non-hydrogen) atoms. The third-order valence-electron chi connectivity index (χ3n) is 2.84. The monoisotopic (exact) mass is 186 g/mol. The van der Waals surface area contributed by atoms with Gasteiger partial charge in [-0.25, -0.2) is 0 Å². The fourth-order valence-electron chi connectivity index (χ4n) is 2.13. The van der Waals surface area contributed by atoms with Crippen LogP contribution >= 0.6 is 11.8 Å². The van der Waals surface area contributed by atoms with E-state index in [1.54, 1.807) is 0 Å². The van der Waals surface area contributed by atoms with Gasteiger partial charge in [-0.1, -0.05) is 12.8 Å². The van der Waals surface area contributed by atoms with Gasteiger partial charge in [0.15, 0.2) is 0 Å². The van der Waals surface area contributed by atoms with E-state index in [4.69, 9.17) is 4.74 Å². The van der Waals surface area contributed by atoms with Gasteiger partial charge >= 0.3 is 0 Å². The van der Waals surface area contributed by atoms with Crippen molar-refractivity contribution < 1.29 is 4.74 Å². The minimum Gasteiger partial charge on any atom is -0.377 e. The molecule has 0 saturated carbocycles. The van der Waals surface area contributed by atoms with Crippen molar-refractivity contribution in [2.45, 2.75) is 49.9 Å². The van der Waals surface area contributed by atoms with Gasteiger partial charge in [-0.2, -0.15) is 11.8 Å². The van der Waals surface area contributed by atoms with Crippen molar-refractivity contribution in [1.29, 1.82) is 0 Å². The average Bonchev–Trinajstić information content (AvgIpc) is 2.48. The highest BCUT2D eigenvalue weighted by atomic mass is 32.2. The van der Waals surface area contributed by atoms with Crippen LogP contribution in [0.1, 0.15) is 38.5 Å². The van der Waals surface area contributed by atoms with E-state index in [-0.39, 0.29) is 0 Å². The Labute approximate surface area is 79.2 Å². The first kappa shape index (κ1) is 8.89. The van der Waals surface area contributed by atoms with Crippen molar-refractivity contribution in [2.24, 2.45) is 0 Å². The molecule has 0 aromatic carbocycles. The van der Waals surface area contributed by atoms with Crippen LogP contribution in [-0.4, -0.2) is 23.7 Å². The van der Waals surface area contributed by atoms with E-state index in [1.165, 1.54) is 44.3 Å². The number of hydrogen-bond acceptors (Lipinski definition) is 2. The zero-order chi connectivity index (χ0) is 8.23. The quantitative estimate of drug-likeness (QED) is 0.623. The van der Waals surface area contributed by atoms with Gasteiger partial charge < -0.3 is 4.74 Å². The van der Waals surface area contributed by atoms with Crippen molar-refractivity contribution in [3.8, 4) is 0 Å². The van der Waals surface area contributed by atoms with Gasteiger partial charge in [0.2, 0.25) is 0 Å². The molecular formula is C10H18OS. The van der Waals surface area contributed by atoms with Crippen LogP contribution in [0, 0.1) is 0 Å². The number of ether oxygens (including phenoxy) is 1. The third kappa shape index (κ3) is 2.17. The number of rotatable bonds is 1. The van der Waals surface area contributed by atoms with E-state index in [0.29, 0.717) is 6.10 Å². The molecule has 2 saturated heterocycles. The van der Waals surface area contributed by atoms with Crippen LogP contribution in [0.3, 0.4) is 0 Å². The van der Waals surface area contributed by atoms with Gasteiger partial charge in [-0.05, 0) is 31.4 Å². The Morgan fingerprint density at radius 2 is 2.00 bits per heavy atom. The van der Waals surface area contributed by atoms with E-state index >= 15 is 0 Å². The highest BCUT2D eigenvalue weighted by Gasteiger charge is 2.26. The van der Waals surface area contributed by atoms with Crippen LogP contribution < -0.4 is 0 Å². The largest absolute Gasteiger partial charge is 0.377 e. The summed E-state index contributed by atoms with van der Waals surface area (Å²) >= 11 is 2.13. The van der Waals surface area contributed by atoms with Gasteiger partial charge in [0, 0.05) is 11.9 Å². The Morgan fingerprint density at radius 3 is 2.83 bits per heavy atom. The molecule has 70 valence electrons. The standard InChI is InChI=1S/C10H18OS/c1-2-5-9(11-7-3-1)10-6-4-8-12-10/h9-10H,1-8H2. The van der Waals surface area contributed by atoms with E-state index in [1.807, 2.05) is 0 Å². The Balaban J connectivity index is 1.83. The zero-order valence-electron chi connectivity index (χ0n) is 7.63. The minimum absolute atomic E-state index is 0.597. The van der Waals surface area contributed by atoms with Crippen LogP contribution in [0.15, 0.2) is 0 Å². The highest BCUT2D eigenvalue weighted by molar-refractivity contribution is 8.00. The van der Waals surface area contributed by atoms with Crippen molar-refractivity contribution >= 4 is 11.8 Å². The first-order valence-electron chi connectivity index (χ1n) is 5.20. The van der Waals surface area contributed by atoms with Gasteiger partial charge in [0.25, 0.3) is 0 Å². The molecule has 2 heterocycles. The lowest BCUT2D eigenvalue weighted by Gasteiger charge is -2.20. The molecule has 2 fully saturated rings. The van der Waals surface area contributed by atoms with Gasteiger partial charge in [-0.3, -0.25) is 0 Å². The fraction of sp³-hybridized carbons (Fsp3) is 1.00. The maximum absolute atomic E-state index is 5.87. The maximum atomic E-state index is 5.87. The van der Waals surface area contributed by atoms with E-state index in [2.05, 4.69) is 11.8 Å². The second-order valence-corrected chi connectivity index (χ2v) is 5.16. The van der Waals surface area contributed by atoms with Crippen LogP contribution in [0.2, 0.25) is 0 Å². The van der Waals surface area contributed by atoms with Crippen molar-refractivity contribution in [2.75, 3.05) is 12.4 Å². The Bertz CT molecular complexity index is 124. The van der Waals surface area contributed by atoms with E-state index in [9.17, 15) is 0 Å². The van der Waals surface area contributed by atoms with Crippen LogP contribution in [0.4, 0.5) is 0 Å². The SMILES string of the molecule is C1CCOC(C2CCCS2)CC1. The summed E-state index contributed by atoms with van der Waals surface area (Å²) in [5.41, 5.74) is 0. The lowest BCUT2D eigenvalue weighted by molar-refractivity contribution is 0.0569. The smallest absolute Gasteiger partial charge is 0.0693 e. The summed E-state index contributed by atoms with van der Waals surface area (Å²) in [7, 11) is 0. The van der Waals surface area contributed by atoms with Crippen molar-refractivity contribution in [3.63, 3.8) is 0 Å². The molecule has 0 aromatic rings. The zero-order valence-corrected chi connectivity index (χ0v) is 8.44. The summed E-state index contributed by atoms with van der Waals surface area (Å²) in [5.74, 6) is 1.37. The topological polar surface area (TPSA) is 9.23 Å². The Hall–Kier alpha value is 0.310. The summed E-state index contributed by atoms with van der Waals surface area (Å²) in [5, 5.41) is 0.836. The molecule has 0 N–H and O–H groups in total. The molecule has 0 spiro atoms. The highest BCUT2D eigenvalue weighted by Crippen LogP contribution is 2.33. The van der Waals surface area contributed by atoms with Crippen LogP contribution in [0.5, 0.6) is 0 Å². The fourth-order valence-corrected chi connectivity index (χ4v) is 3.53. The molecule has 2 unspecified atom stereocenters. The Morgan fingerprint density at radius 1 is 1.00 bits per heavy atom. The maximum Gasteiger partial charge on any atom is 0.0693 e.